The summed E-state index contributed by atoms with van der Waals surface area (Å²) in [6.45, 7) is 2.37. The molecule has 1 aliphatic rings. The van der Waals surface area contributed by atoms with E-state index in [1.54, 1.807) is 4.90 Å². The number of carbonyl (C=O) groups excluding carboxylic acids is 1. The predicted octanol–water partition coefficient (Wildman–Crippen LogP) is 2.87. The number of aryl methyl sites for hydroxylation is 1. The Balaban J connectivity index is 1.81. The zero-order valence-corrected chi connectivity index (χ0v) is 14.5. The van der Waals surface area contributed by atoms with Gasteiger partial charge in [0.25, 0.3) is 5.91 Å². The van der Waals surface area contributed by atoms with E-state index in [4.69, 9.17) is 4.84 Å². The first-order valence-electron chi connectivity index (χ1n) is 8.31. The fourth-order valence-corrected chi connectivity index (χ4v) is 3.22. The number of oxime groups is 1. The number of carbonyl (C=O) groups is 1. The van der Waals surface area contributed by atoms with Crippen molar-refractivity contribution >= 4 is 11.6 Å². The van der Waals surface area contributed by atoms with E-state index >= 15 is 0 Å². The van der Waals surface area contributed by atoms with Gasteiger partial charge in [-0.25, -0.2) is 0 Å². The molecule has 1 heterocycles. The zero-order chi connectivity index (χ0) is 17.8. The van der Waals surface area contributed by atoms with Crippen LogP contribution in [0.2, 0.25) is 0 Å². The maximum absolute atomic E-state index is 12.8. The average Bonchev–Trinajstić information content (AvgIpc) is 3.05. The van der Waals surface area contributed by atoms with E-state index in [1.807, 2.05) is 36.4 Å². The van der Waals surface area contributed by atoms with Crippen molar-refractivity contribution in [2.24, 2.45) is 5.16 Å². The number of benzene rings is 2. The summed E-state index contributed by atoms with van der Waals surface area (Å²) in [7, 11) is 1.48. The summed E-state index contributed by atoms with van der Waals surface area (Å²) in [6, 6.07) is 15.5. The number of hydrogen-bond acceptors (Lipinski definition) is 4. The topological polar surface area (TPSA) is 62.1 Å². The Morgan fingerprint density at radius 2 is 1.96 bits per heavy atom. The zero-order valence-electron chi connectivity index (χ0n) is 14.5. The molecule has 0 radical (unpaired) electrons. The van der Waals surface area contributed by atoms with Gasteiger partial charge in [0.05, 0.1) is 24.9 Å². The third kappa shape index (κ3) is 3.56. The van der Waals surface area contributed by atoms with Crippen LogP contribution in [0.25, 0.3) is 11.1 Å². The summed E-state index contributed by atoms with van der Waals surface area (Å²) in [5.74, 6) is -0.100. The lowest BCUT2D eigenvalue weighted by Crippen LogP contribution is -2.37. The van der Waals surface area contributed by atoms with E-state index in [0.717, 1.165) is 16.8 Å². The van der Waals surface area contributed by atoms with Crippen molar-refractivity contribution in [3.05, 3.63) is 59.7 Å². The molecule has 5 heteroatoms. The van der Waals surface area contributed by atoms with E-state index in [2.05, 4.69) is 24.2 Å². The van der Waals surface area contributed by atoms with Crippen LogP contribution in [-0.4, -0.2) is 47.9 Å². The Bertz CT molecular complexity index is 784. The van der Waals surface area contributed by atoms with Crippen molar-refractivity contribution in [3.63, 3.8) is 0 Å². The lowest BCUT2D eigenvalue weighted by Gasteiger charge is -2.22. The van der Waals surface area contributed by atoms with Crippen LogP contribution >= 0.6 is 0 Å². The van der Waals surface area contributed by atoms with E-state index in [-0.39, 0.29) is 18.6 Å². The summed E-state index contributed by atoms with van der Waals surface area (Å²) < 4.78 is 0. The van der Waals surface area contributed by atoms with Crippen LogP contribution in [0.1, 0.15) is 22.3 Å². The van der Waals surface area contributed by atoms with Crippen molar-refractivity contribution in [1.82, 2.24) is 4.90 Å². The number of hydrogen-bond donors (Lipinski definition) is 1. The first-order valence-corrected chi connectivity index (χ1v) is 8.31. The molecule has 1 atom stereocenters. The van der Waals surface area contributed by atoms with Crippen LogP contribution in [0.4, 0.5) is 0 Å². The van der Waals surface area contributed by atoms with Gasteiger partial charge in [0.1, 0.15) is 7.11 Å². The second kappa shape index (κ2) is 7.49. The largest absolute Gasteiger partial charge is 0.399 e. The van der Waals surface area contributed by atoms with Crippen molar-refractivity contribution in [3.8, 4) is 11.1 Å². The van der Waals surface area contributed by atoms with Gasteiger partial charge in [-0.15, -0.1) is 0 Å². The Morgan fingerprint density at radius 1 is 1.24 bits per heavy atom. The Labute approximate surface area is 147 Å². The minimum Gasteiger partial charge on any atom is -0.399 e. The number of aliphatic hydroxyl groups is 1. The van der Waals surface area contributed by atoms with Crippen molar-refractivity contribution in [1.29, 1.82) is 0 Å². The minimum atomic E-state index is -0.252. The van der Waals surface area contributed by atoms with Crippen molar-refractivity contribution in [2.75, 3.05) is 20.3 Å². The molecule has 25 heavy (non-hydrogen) atoms. The maximum atomic E-state index is 12.8. The van der Waals surface area contributed by atoms with Crippen LogP contribution in [0.15, 0.2) is 53.7 Å². The predicted molar refractivity (Wildman–Crippen MR) is 97.6 cm³/mol. The molecular formula is C20H22N2O3. The number of nitrogens with zero attached hydrogens (tertiary/aromatic N) is 2. The highest BCUT2D eigenvalue weighted by Crippen LogP contribution is 2.25. The molecule has 0 saturated carbocycles. The standard InChI is InChI=1S/C20H22N2O3/c1-14-5-3-4-6-19(14)15-7-9-16(10-8-15)20(24)22-12-17(21-25-2)11-18(22)13-23/h3-10,18,23H,11-13H2,1-2H3/b21-17+. The Morgan fingerprint density at radius 3 is 2.60 bits per heavy atom. The molecule has 1 unspecified atom stereocenters. The molecule has 5 nitrogen and oxygen atoms in total. The first-order chi connectivity index (χ1) is 12.1. The quantitative estimate of drug-likeness (QED) is 0.872. The van der Waals surface area contributed by atoms with Gasteiger partial charge in [-0.2, -0.15) is 0 Å². The second-order valence-electron chi connectivity index (χ2n) is 6.21. The molecule has 0 spiro atoms. The molecule has 0 aliphatic carbocycles. The third-order valence-electron chi connectivity index (χ3n) is 4.54. The van der Waals surface area contributed by atoms with Gasteiger partial charge in [0, 0.05) is 12.0 Å². The molecule has 1 aliphatic heterocycles. The van der Waals surface area contributed by atoms with Crippen LogP contribution in [0, 0.1) is 6.92 Å². The highest BCUT2D eigenvalue weighted by atomic mass is 16.6. The van der Waals surface area contributed by atoms with E-state index in [1.165, 1.54) is 12.7 Å². The van der Waals surface area contributed by atoms with Gasteiger partial charge in [0.15, 0.2) is 0 Å². The van der Waals surface area contributed by atoms with Gasteiger partial charge in [-0.3, -0.25) is 4.79 Å². The van der Waals surface area contributed by atoms with Crippen LogP contribution in [-0.2, 0) is 4.84 Å². The Hall–Kier alpha value is -2.66. The SMILES string of the molecule is CO/N=C1\CC(CO)N(C(=O)c2ccc(-c3ccccc3C)cc2)C1. The van der Waals surface area contributed by atoms with Crippen LogP contribution < -0.4 is 0 Å². The number of rotatable bonds is 4. The van der Waals surface area contributed by atoms with Gasteiger partial charge < -0.3 is 14.8 Å². The van der Waals surface area contributed by atoms with Gasteiger partial charge in [-0.1, -0.05) is 41.6 Å². The molecule has 3 rings (SSSR count). The van der Waals surface area contributed by atoms with Crippen LogP contribution in [0.5, 0.6) is 0 Å². The summed E-state index contributed by atoms with van der Waals surface area (Å²) in [6.07, 6.45) is 0.539. The van der Waals surface area contributed by atoms with Crippen molar-refractivity contribution < 1.29 is 14.7 Å². The fourth-order valence-electron chi connectivity index (χ4n) is 3.22. The first kappa shape index (κ1) is 17.2. The monoisotopic (exact) mass is 338 g/mol. The molecule has 2 aromatic carbocycles. The molecule has 1 N–H and O–H groups in total. The third-order valence-corrected chi connectivity index (χ3v) is 4.54. The van der Waals surface area contributed by atoms with Gasteiger partial charge in [-0.05, 0) is 35.7 Å². The molecule has 1 fully saturated rings. The van der Waals surface area contributed by atoms with E-state index in [9.17, 15) is 9.90 Å². The number of likely N-dealkylation sites (tertiary alicyclic amines) is 1. The minimum absolute atomic E-state index is 0.0875. The van der Waals surface area contributed by atoms with Gasteiger partial charge >= 0.3 is 0 Å². The number of aliphatic hydroxyl groups excluding tert-OH is 1. The lowest BCUT2D eigenvalue weighted by molar-refractivity contribution is 0.0680. The second-order valence-corrected chi connectivity index (χ2v) is 6.21. The van der Waals surface area contributed by atoms with Gasteiger partial charge in [0.2, 0.25) is 0 Å². The van der Waals surface area contributed by atoms with Crippen LogP contribution in [0.3, 0.4) is 0 Å². The Kier molecular flexibility index (Phi) is 5.14. The molecular weight excluding hydrogens is 316 g/mol. The van der Waals surface area contributed by atoms with E-state index in [0.29, 0.717) is 18.5 Å². The lowest BCUT2D eigenvalue weighted by atomic mass is 9.99. The summed E-state index contributed by atoms with van der Waals surface area (Å²) in [5, 5.41) is 13.5. The van der Waals surface area contributed by atoms with Crippen molar-refractivity contribution in [2.45, 2.75) is 19.4 Å². The molecule has 0 aromatic heterocycles. The molecule has 1 amide bonds. The smallest absolute Gasteiger partial charge is 0.254 e. The molecule has 2 aromatic rings. The van der Waals surface area contributed by atoms with E-state index < -0.39 is 0 Å². The molecule has 0 bridgehead atoms. The highest BCUT2D eigenvalue weighted by Gasteiger charge is 2.33. The average molecular weight is 338 g/mol. The summed E-state index contributed by atoms with van der Waals surface area (Å²) in [5.41, 5.74) is 4.81. The molecule has 130 valence electrons. The highest BCUT2D eigenvalue weighted by molar-refractivity contribution is 6.00. The normalized spacial score (nSPS) is 18.6. The maximum Gasteiger partial charge on any atom is 0.254 e. The summed E-state index contributed by atoms with van der Waals surface area (Å²) in [4.78, 5) is 19.2. The summed E-state index contributed by atoms with van der Waals surface area (Å²) >= 11 is 0. The fraction of sp³-hybridized carbons (Fsp3) is 0.300. The molecule has 1 saturated heterocycles. The number of amides is 1.